The van der Waals surface area contributed by atoms with E-state index in [2.05, 4.69) is 40.3 Å². The number of benzene rings is 2. The van der Waals surface area contributed by atoms with E-state index in [-0.39, 0.29) is 176 Å². The van der Waals surface area contributed by atoms with Gasteiger partial charge in [-0.2, -0.15) is 27.4 Å². The summed E-state index contributed by atoms with van der Waals surface area (Å²) in [7, 11) is -0.416. The minimum absolute atomic E-state index is 0. The molecule has 478 valence electrons. The van der Waals surface area contributed by atoms with Gasteiger partial charge in [0, 0.05) is 100 Å². The molecule has 0 amide bonds. The van der Waals surface area contributed by atoms with E-state index < -0.39 is 10.2 Å². The van der Waals surface area contributed by atoms with E-state index in [0.717, 1.165) is 63.2 Å². The van der Waals surface area contributed by atoms with Crippen LogP contribution in [0.25, 0.3) is 44.3 Å². The van der Waals surface area contributed by atoms with Crippen LogP contribution in [0.2, 0.25) is 10.0 Å². The van der Waals surface area contributed by atoms with Crippen molar-refractivity contribution >= 4 is 67.4 Å². The van der Waals surface area contributed by atoms with Gasteiger partial charge in [-0.25, -0.2) is 9.97 Å². The predicted molar refractivity (Wildman–Crippen MR) is 372 cm³/mol. The zero-order chi connectivity index (χ0) is 44.7. The average Bonchev–Trinajstić information content (AvgIpc) is 3.26. The fourth-order valence-corrected chi connectivity index (χ4v) is 9.11. The summed E-state index contributed by atoms with van der Waals surface area (Å²) in [6.45, 7) is 2.71. The molecule has 16 nitrogen and oxygen atoms in total. The molecule has 19 heteroatoms. The summed E-state index contributed by atoms with van der Waals surface area (Å²) in [5.41, 5.74) is 8.83. The summed E-state index contributed by atoms with van der Waals surface area (Å²) in [4.78, 5) is 46.9. The van der Waals surface area contributed by atoms with Crippen molar-refractivity contribution in [3.63, 3.8) is 0 Å². The number of pyridine rings is 2. The highest BCUT2D eigenvalue weighted by molar-refractivity contribution is 7.87. The van der Waals surface area contributed by atoms with Crippen LogP contribution in [-0.2, 0) is 21.7 Å². The summed E-state index contributed by atoms with van der Waals surface area (Å²) in [5, 5.41) is 9.19. The Balaban J connectivity index is -0.0000000962. The summed E-state index contributed by atoms with van der Waals surface area (Å²) in [6, 6.07) is 18.6. The predicted octanol–water partition coefficient (Wildman–Crippen LogP) is 18.4. The first-order valence-electron chi connectivity index (χ1n) is 21.2. The van der Waals surface area contributed by atoms with E-state index in [1.54, 1.807) is 47.3 Å². The lowest BCUT2D eigenvalue weighted by atomic mass is 9.92. The maximum atomic E-state index is 13.4. The Hall–Kier alpha value is -5.01. The number of halogens is 2. The van der Waals surface area contributed by atoms with Crippen LogP contribution >= 0.6 is 23.2 Å². The first-order chi connectivity index (χ1) is 30.3. The molecule has 2 aliphatic rings. The molecule has 0 unspecified atom stereocenters. The summed E-state index contributed by atoms with van der Waals surface area (Å²) >= 11 is 12.6. The Morgan fingerprint density at radius 1 is 0.617 bits per heavy atom. The Morgan fingerprint density at radius 3 is 1.51 bits per heavy atom. The number of nitrogens with zero attached hydrogens (tertiary/aromatic N) is 6. The lowest BCUT2D eigenvalue weighted by Gasteiger charge is -2.30. The molecule has 4 heterocycles. The number of aromatic amines is 1. The lowest BCUT2D eigenvalue weighted by molar-refractivity contribution is 0.0779. The van der Waals surface area contributed by atoms with Crippen LogP contribution in [0.5, 0.6) is 0 Å². The van der Waals surface area contributed by atoms with Crippen LogP contribution in [0.1, 0.15) is 198 Å². The van der Waals surface area contributed by atoms with Gasteiger partial charge >= 0.3 is 0 Å². The van der Waals surface area contributed by atoms with E-state index in [9.17, 15) is 18.0 Å². The maximum absolute atomic E-state index is 13.4. The van der Waals surface area contributed by atoms with Crippen molar-refractivity contribution in [2.75, 3.05) is 31.3 Å². The van der Waals surface area contributed by atoms with Gasteiger partial charge in [-0.1, -0.05) is 200 Å². The number of aromatic nitrogens is 6. The van der Waals surface area contributed by atoms with Gasteiger partial charge < -0.3 is 26.1 Å². The molecule has 2 aliphatic carbocycles. The smallest absolute Gasteiger partial charge is 0.279 e. The highest BCUT2D eigenvalue weighted by Crippen LogP contribution is 2.29. The summed E-state index contributed by atoms with van der Waals surface area (Å²) < 4.78 is 35.2. The van der Waals surface area contributed by atoms with Gasteiger partial charge in [0.1, 0.15) is 18.0 Å². The maximum Gasteiger partial charge on any atom is 0.279 e. The van der Waals surface area contributed by atoms with Crippen molar-refractivity contribution in [3.05, 3.63) is 104 Å². The van der Waals surface area contributed by atoms with Crippen molar-refractivity contribution in [1.29, 1.82) is 0 Å². The van der Waals surface area contributed by atoms with Crippen molar-refractivity contribution in [1.82, 2.24) is 38.5 Å². The summed E-state index contributed by atoms with van der Waals surface area (Å²) in [6.07, 6.45) is 11.2. The molecule has 4 aromatic heterocycles. The quantitative estimate of drug-likeness (QED) is 0.0683. The molecule has 0 aliphatic heterocycles. The number of nitrogens with two attached hydrogens (primary N) is 1. The SMILES string of the molecule is C.C.C.C.C.C.C.C.C.C.C.C.C.C.C.C.C.C.CCCOCn1c(=O)c(-c2ccccc2Cl)cc2cnc(NC3CCC(N)CC3)nc21.CN(C)S(=O)(=O)NC1CCC(Nc2ncc3cc(-c4ccccc4Cl)c(=O)[nH]c3n2)CC1. The molecule has 0 spiro atoms. The number of fused-ring (bicyclic) bond motifs is 2. The summed E-state index contributed by atoms with van der Waals surface area (Å²) in [5.74, 6) is 0.943. The number of anilines is 2. The van der Waals surface area contributed by atoms with E-state index >= 15 is 0 Å². The van der Waals surface area contributed by atoms with Gasteiger partial charge in [-0.05, 0) is 82.1 Å². The van der Waals surface area contributed by atoms with E-state index in [4.69, 9.17) is 33.7 Å². The Morgan fingerprint density at radius 2 is 1.04 bits per heavy atom. The second kappa shape index (κ2) is 47.5. The number of rotatable bonds is 13. The first-order valence-corrected chi connectivity index (χ1v) is 23.4. The number of hydrogen-bond acceptors (Lipinski definition) is 12. The van der Waals surface area contributed by atoms with Crippen molar-refractivity contribution < 1.29 is 13.2 Å². The fraction of sp³-hybridized carbons (Fsp3) is 0.581. The molecule has 0 bridgehead atoms. The molecule has 0 radical (unpaired) electrons. The topological polar surface area (TPSA) is 215 Å². The molecule has 8 rings (SSSR count). The molecular formula is C62H125Cl2N11O5S. The zero-order valence-electron chi connectivity index (χ0n) is 35.5. The molecule has 0 atom stereocenters. The molecule has 81 heavy (non-hydrogen) atoms. The van der Waals surface area contributed by atoms with Crippen molar-refractivity contribution in [3.8, 4) is 22.3 Å². The van der Waals surface area contributed by atoms with Crippen molar-refractivity contribution in [2.24, 2.45) is 5.73 Å². The Kier molecular flexibility index (Phi) is 61.2. The van der Waals surface area contributed by atoms with Gasteiger partial charge in [0.05, 0.1) is 0 Å². The van der Waals surface area contributed by atoms with E-state index in [1.807, 2.05) is 37.3 Å². The zero-order valence-corrected chi connectivity index (χ0v) is 37.8. The number of hydrogen-bond donors (Lipinski definition) is 5. The fourth-order valence-electron chi connectivity index (χ4n) is 7.76. The van der Waals surface area contributed by atoms with Crippen LogP contribution in [-0.4, -0.2) is 87.1 Å². The second-order valence-corrected chi connectivity index (χ2v) is 18.9. The standard InChI is InChI=1S/C23H28ClN5O2.C21H25ClN6O3S.18CH4/c1-2-11-31-14-29-21-15(12-19(22(29)30)18-5-3-4-6-20(18)24)13-26-23(28-21)27-17-9-7-16(25)8-10-17;1-28(2)32(30,31)27-15-9-7-14(8-10-15)24-21-23-12-13-11-17(20(29)25-19(13)26-21)16-5-3-4-6-18(16)22;;;;;;;;;;;;;;;;;;/h3-6,12-13,16-17H,2,7-11,14,25H2,1H3,(H,26,27,28);3-6,11-12,14-15,27H,7-10H2,1-2H3,(H2,23,24,25,26,29);18*1H4. The number of nitrogens with one attached hydrogen (secondary N) is 4. The van der Waals surface area contributed by atoms with Gasteiger partial charge in [0.15, 0.2) is 0 Å². The van der Waals surface area contributed by atoms with Gasteiger partial charge in [0.2, 0.25) is 11.9 Å². The van der Waals surface area contributed by atoms with Gasteiger partial charge in [0.25, 0.3) is 21.3 Å². The van der Waals surface area contributed by atoms with Crippen LogP contribution in [0.4, 0.5) is 11.9 Å². The molecule has 6 N–H and O–H groups in total. The van der Waals surface area contributed by atoms with Gasteiger partial charge in [-0.3, -0.25) is 14.2 Å². The lowest BCUT2D eigenvalue weighted by Crippen LogP contribution is -2.44. The van der Waals surface area contributed by atoms with E-state index in [1.165, 1.54) is 18.4 Å². The number of ether oxygens (including phenoxy) is 1. The monoisotopic (exact) mass is 1210 g/mol. The van der Waals surface area contributed by atoms with Crippen LogP contribution in [0, 0.1) is 0 Å². The molecule has 2 saturated carbocycles. The normalized spacial score (nSPS) is 14.9. The van der Waals surface area contributed by atoms with Crippen LogP contribution < -0.4 is 32.2 Å². The van der Waals surface area contributed by atoms with Crippen molar-refractivity contribution in [2.45, 2.75) is 229 Å². The Labute approximate surface area is 508 Å². The second-order valence-electron chi connectivity index (χ2n) is 16.1. The average molecular weight is 1210 g/mol. The van der Waals surface area contributed by atoms with Crippen LogP contribution in [0.15, 0.2) is 82.6 Å². The van der Waals surface area contributed by atoms with E-state index in [0.29, 0.717) is 67.5 Å². The highest BCUT2D eigenvalue weighted by Gasteiger charge is 2.26. The third-order valence-corrected chi connectivity index (χ3v) is 13.5. The molecule has 2 aromatic carbocycles. The third kappa shape index (κ3) is 26.4. The molecule has 0 saturated heterocycles. The van der Waals surface area contributed by atoms with Gasteiger partial charge in [-0.15, -0.1) is 0 Å². The Bertz CT molecular complexity index is 2780. The van der Waals surface area contributed by atoms with Crippen LogP contribution in [0.3, 0.4) is 0 Å². The highest BCUT2D eigenvalue weighted by atomic mass is 35.5. The first kappa shape index (κ1) is 104. The minimum Gasteiger partial charge on any atom is -0.361 e. The minimum atomic E-state index is -3.43. The third-order valence-electron chi connectivity index (χ3n) is 11.3. The molecule has 6 aromatic rings. The molecular weight excluding hydrogens is 1080 g/mol. The number of H-pyrrole nitrogens is 1. The molecule has 2 fully saturated rings. The largest absolute Gasteiger partial charge is 0.361 e.